The number of hydrogen-bond donors (Lipinski definition) is 1. The highest BCUT2D eigenvalue weighted by atomic mass is 16.3. The Balaban J connectivity index is 1.87. The maximum atomic E-state index is 9.72. The van der Waals surface area contributed by atoms with Gasteiger partial charge in [0.15, 0.2) is 0 Å². The van der Waals surface area contributed by atoms with Crippen LogP contribution in [0.2, 0.25) is 0 Å². The summed E-state index contributed by atoms with van der Waals surface area (Å²) in [6.45, 7) is 4.04. The van der Waals surface area contributed by atoms with Gasteiger partial charge in [0.2, 0.25) is 0 Å². The fourth-order valence-electron chi connectivity index (χ4n) is 3.36. The Hall–Kier alpha value is -2.38. The van der Waals surface area contributed by atoms with E-state index in [1.54, 1.807) is 6.92 Å². The van der Waals surface area contributed by atoms with Crippen molar-refractivity contribution in [2.75, 3.05) is 0 Å². The maximum Gasteiger partial charge on any atom is 0.0761 e. The van der Waals surface area contributed by atoms with Crippen LogP contribution in [0.5, 0.6) is 0 Å². The largest absolute Gasteiger partial charge is 0.389 e. The Morgan fingerprint density at radius 1 is 0.731 bits per heavy atom. The molecule has 0 heterocycles. The molecule has 0 fully saturated rings. The van der Waals surface area contributed by atoms with E-state index in [0.29, 0.717) is 0 Å². The Kier molecular flexibility index (Phi) is 6.25. The van der Waals surface area contributed by atoms with Crippen molar-refractivity contribution in [1.29, 1.82) is 0 Å². The number of hydrogen-bond acceptors (Lipinski definition) is 1. The predicted molar refractivity (Wildman–Crippen MR) is 111 cm³/mol. The zero-order valence-corrected chi connectivity index (χ0v) is 15.8. The van der Waals surface area contributed by atoms with Crippen molar-refractivity contribution >= 4 is 0 Å². The number of rotatable bonds is 7. The third-order valence-electron chi connectivity index (χ3n) is 4.97. The molecule has 0 spiro atoms. The molecular weight excluding hydrogens is 316 g/mol. The van der Waals surface area contributed by atoms with Crippen molar-refractivity contribution in [3.8, 4) is 22.3 Å². The van der Waals surface area contributed by atoms with Gasteiger partial charge in [-0.3, -0.25) is 0 Å². The molecule has 0 saturated carbocycles. The monoisotopic (exact) mass is 344 g/mol. The van der Waals surface area contributed by atoms with E-state index in [-0.39, 0.29) is 0 Å². The zero-order valence-electron chi connectivity index (χ0n) is 15.8. The molecule has 1 nitrogen and oxygen atoms in total. The third kappa shape index (κ3) is 4.42. The first kappa shape index (κ1) is 18.4. The number of aryl methyl sites for hydroxylation is 1. The lowest BCUT2D eigenvalue weighted by molar-refractivity contribution is 0.199. The van der Waals surface area contributed by atoms with Crippen LogP contribution in [0.4, 0.5) is 0 Å². The van der Waals surface area contributed by atoms with Crippen molar-refractivity contribution < 1.29 is 5.11 Å². The summed E-state index contributed by atoms with van der Waals surface area (Å²) in [5, 5.41) is 9.72. The molecule has 0 aliphatic rings. The van der Waals surface area contributed by atoms with Crippen LogP contribution in [-0.2, 0) is 6.42 Å². The molecule has 0 amide bonds. The lowest BCUT2D eigenvalue weighted by Gasteiger charge is -2.12. The molecule has 1 N–H and O–H groups in total. The first-order chi connectivity index (χ1) is 12.7. The van der Waals surface area contributed by atoms with Gasteiger partial charge in [-0.15, -0.1) is 0 Å². The van der Waals surface area contributed by atoms with Gasteiger partial charge in [-0.05, 0) is 53.1 Å². The van der Waals surface area contributed by atoms with Crippen molar-refractivity contribution in [2.45, 2.75) is 45.6 Å². The number of aliphatic hydroxyl groups excluding tert-OH is 1. The zero-order chi connectivity index (χ0) is 18.4. The summed E-state index contributed by atoms with van der Waals surface area (Å²) < 4.78 is 0. The van der Waals surface area contributed by atoms with Gasteiger partial charge in [-0.1, -0.05) is 92.6 Å². The standard InChI is InChI=1S/C25H28O/c1-3-4-5-8-20-11-13-22(14-12-20)24-9-6-7-10-25(24)23-17-15-21(16-18-23)19(2)26/h6-7,9-19,26H,3-5,8H2,1-2H3. The molecule has 0 aliphatic heterocycles. The van der Waals surface area contributed by atoms with Gasteiger partial charge in [0.05, 0.1) is 6.10 Å². The minimum Gasteiger partial charge on any atom is -0.389 e. The van der Waals surface area contributed by atoms with Crippen LogP contribution in [-0.4, -0.2) is 5.11 Å². The molecule has 0 aliphatic carbocycles. The highest BCUT2D eigenvalue weighted by Gasteiger charge is 2.08. The van der Waals surface area contributed by atoms with Gasteiger partial charge in [-0.25, -0.2) is 0 Å². The Bertz CT molecular complexity index is 814. The third-order valence-corrected chi connectivity index (χ3v) is 4.97. The van der Waals surface area contributed by atoms with E-state index < -0.39 is 6.10 Å². The van der Waals surface area contributed by atoms with E-state index in [9.17, 15) is 5.11 Å². The molecule has 3 aromatic carbocycles. The van der Waals surface area contributed by atoms with Gasteiger partial charge in [0.25, 0.3) is 0 Å². The van der Waals surface area contributed by atoms with Gasteiger partial charge in [0.1, 0.15) is 0 Å². The van der Waals surface area contributed by atoms with Gasteiger partial charge in [0, 0.05) is 0 Å². The van der Waals surface area contributed by atoms with Crippen LogP contribution < -0.4 is 0 Å². The van der Waals surface area contributed by atoms with Crippen LogP contribution in [0.25, 0.3) is 22.3 Å². The SMILES string of the molecule is CCCCCc1ccc(-c2ccccc2-c2ccc(C(C)O)cc2)cc1. The van der Waals surface area contributed by atoms with E-state index >= 15 is 0 Å². The highest BCUT2D eigenvalue weighted by molar-refractivity contribution is 5.83. The average Bonchev–Trinajstić information content (AvgIpc) is 2.69. The summed E-state index contributed by atoms with van der Waals surface area (Å²) >= 11 is 0. The van der Waals surface area contributed by atoms with E-state index in [0.717, 1.165) is 12.0 Å². The molecular formula is C25H28O. The maximum absolute atomic E-state index is 9.72. The lowest BCUT2D eigenvalue weighted by atomic mass is 9.93. The summed E-state index contributed by atoms with van der Waals surface area (Å²) in [4.78, 5) is 0. The van der Waals surface area contributed by atoms with Crippen LogP contribution >= 0.6 is 0 Å². The minimum absolute atomic E-state index is 0.431. The molecule has 3 rings (SSSR count). The second-order valence-corrected chi connectivity index (χ2v) is 7.00. The molecule has 26 heavy (non-hydrogen) atoms. The fraction of sp³-hybridized carbons (Fsp3) is 0.280. The van der Waals surface area contributed by atoms with E-state index in [2.05, 4.69) is 67.6 Å². The molecule has 0 aromatic heterocycles. The number of aliphatic hydroxyl groups is 1. The summed E-state index contributed by atoms with van der Waals surface area (Å²) in [7, 11) is 0. The minimum atomic E-state index is -0.431. The molecule has 1 unspecified atom stereocenters. The quantitative estimate of drug-likeness (QED) is 0.467. The van der Waals surface area contributed by atoms with Gasteiger partial charge >= 0.3 is 0 Å². The Labute approximate surface area is 157 Å². The van der Waals surface area contributed by atoms with Crippen LogP contribution in [0.3, 0.4) is 0 Å². The summed E-state index contributed by atoms with van der Waals surface area (Å²) in [5.41, 5.74) is 7.26. The van der Waals surface area contributed by atoms with Crippen molar-refractivity contribution in [3.05, 3.63) is 83.9 Å². The van der Waals surface area contributed by atoms with Crippen LogP contribution in [0.1, 0.15) is 50.3 Å². The van der Waals surface area contributed by atoms with E-state index in [1.165, 1.54) is 47.1 Å². The molecule has 134 valence electrons. The second-order valence-electron chi connectivity index (χ2n) is 7.00. The lowest BCUT2D eigenvalue weighted by Crippen LogP contribution is -1.91. The van der Waals surface area contributed by atoms with Crippen molar-refractivity contribution in [3.63, 3.8) is 0 Å². The second kappa shape index (κ2) is 8.82. The number of benzene rings is 3. The van der Waals surface area contributed by atoms with Gasteiger partial charge in [-0.2, -0.15) is 0 Å². The molecule has 1 atom stereocenters. The smallest absolute Gasteiger partial charge is 0.0761 e. The Morgan fingerprint density at radius 3 is 1.77 bits per heavy atom. The molecule has 1 heteroatoms. The first-order valence-electron chi connectivity index (χ1n) is 9.65. The molecule has 3 aromatic rings. The molecule has 0 saturated heterocycles. The van der Waals surface area contributed by atoms with E-state index in [4.69, 9.17) is 0 Å². The summed E-state index contributed by atoms with van der Waals surface area (Å²) in [5.74, 6) is 0. The summed E-state index contributed by atoms with van der Waals surface area (Å²) in [6.07, 6.45) is 4.56. The molecule has 0 radical (unpaired) electrons. The van der Waals surface area contributed by atoms with Crippen LogP contribution in [0.15, 0.2) is 72.8 Å². The normalized spacial score (nSPS) is 12.1. The predicted octanol–water partition coefficient (Wildman–Crippen LogP) is 6.81. The topological polar surface area (TPSA) is 20.2 Å². The Morgan fingerprint density at radius 2 is 1.27 bits per heavy atom. The van der Waals surface area contributed by atoms with Crippen molar-refractivity contribution in [2.24, 2.45) is 0 Å². The van der Waals surface area contributed by atoms with Crippen molar-refractivity contribution in [1.82, 2.24) is 0 Å². The average molecular weight is 344 g/mol. The number of unbranched alkanes of at least 4 members (excludes halogenated alkanes) is 2. The summed E-state index contributed by atoms with van der Waals surface area (Å²) in [6, 6.07) is 25.7. The highest BCUT2D eigenvalue weighted by Crippen LogP contribution is 2.32. The fourth-order valence-corrected chi connectivity index (χ4v) is 3.36. The van der Waals surface area contributed by atoms with Crippen LogP contribution in [0, 0.1) is 0 Å². The van der Waals surface area contributed by atoms with Gasteiger partial charge < -0.3 is 5.11 Å². The van der Waals surface area contributed by atoms with E-state index in [1.807, 2.05) is 12.1 Å². The molecule has 0 bridgehead atoms. The first-order valence-corrected chi connectivity index (χ1v) is 9.65.